The smallest absolute Gasteiger partial charge is 0.259 e. The lowest BCUT2D eigenvalue weighted by Gasteiger charge is -2.03. The van der Waals surface area contributed by atoms with Crippen LogP contribution in [0.2, 0.25) is 0 Å². The molecule has 1 aromatic heterocycles. The second-order valence-electron chi connectivity index (χ2n) is 3.25. The van der Waals surface area contributed by atoms with E-state index in [2.05, 4.69) is 31.4 Å². The molecule has 0 aliphatic heterocycles. The van der Waals surface area contributed by atoms with E-state index in [0.29, 0.717) is 15.9 Å². The number of carbonyl (C=O) groups excluding carboxylic acids is 1. The van der Waals surface area contributed by atoms with Crippen molar-refractivity contribution in [2.75, 3.05) is 11.1 Å². The van der Waals surface area contributed by atoms with E-state index in [0.717, 1.165) is 11.3 Å². The van der Waals surface area contributed by atoms with Gasteiger partial charge >= 0.3 is 0 Å². The number of anilines is 2. The molecule has 0 aliphatic carbocycles. The Balaban J connectivity index is 2.21. The fourth-order valence-corrected chi connectivity index (χ4v) is 2.51. The zero-order valence-corrected chi connectivity index (χ0v) is 11.3. The Morgan fingerprint density at radius 2 is 2.17 bits per heavy atom. The molecule has 0 saturated heterocycles. The molecule has 0 unspecified atom stereocenters. The average molecular weight is 327 g/mol. The summed E-state index contributed by atoms with van der Waals surface area (Å²) in [7, 11) is 0. The van der Waals surface area contributed by atoms with Gasteiger partial charge in [0, 0.05) is 5.69 Å². The maximum Gasteiger partial charge on any atom is 0.259 e. The van der Waals surface area contributed by atoms with E-state index in [1.54, 1.807) is 24.3 Å². The fraction of sp³-hybridized carbons (Fsp3) is 0. The van der Waals surface area contributed by atoms with Crippen LogP contribution in [0.3, 0.4) is 0 Å². The van der Waals surface area contributed by atoms with E-state index in [4.69, 9.17) is 5.73 Å². The van der Waals surface area contributed by atoms with Crippen molar-refractivity contribution in [3.8, 4) is 0 Å². The Kier molecular flexibility index (Phi) is 3.68. The van der Waals surface area contributed by atoms with E-state index >= 15 is 0 Å². The summed E-state index contributed by atoms with van der Waals surface area (Å²) in [5, 5.41) is 5.78. The molecule has 0 fully saturated rings. The Bertz CT molecular complexity index is 614. The van der Waals surface area contributed by atoms with Gasteiger partial charge in [0.15, 0.2) is 10.1 Å². The summed E-state index contributed by atoms with van der Waals surface area (Å²) in [5.41, 5.74) is 6.41. The third-order valence-electron chi connectivity index (χ3n) is 2.08. The van der Waals surface area contributed by atoms with Crippen LogP contribution in [0.25, 0.3) is 0 Å². The van der Waals surface area contributed by atoms with Crippen molar-refractivity contribution in [2.45, 2.75) is 0 Å². The lowest BCUT2D eigenvalue weighted by atomic mass is 10.2. The maximum atomic E-state index is 11.9. The number of nitrogens with one attached hydrogen (secondary N) is 1. The van der Waals surface area contributed by atoms with Crippen LogP contribution in [0.1, 0.15) is 10.4 Å². The van der Waals surface area contributed by atoms with Crippen molar-refractivity contribution < 1.29 is 4.79 Å². The number of nitrogens with zero attached hydrogens (tertiary/aromatic N) is 2. The summed E-state index contributed by atoms with van der Waals surface area (Å²) in [6.07, 6.45) is 0. The van der Waals surface area contributed by atoms with Crippen molar-refractivity contribution in [1.29, 1.82) is 0 Å². The van der Waals surface area contributed by atoms with E-state index in [1.807, 2.05) is 0 Å². The number of hydrogen-bond donors (Lipinski definition) is 2. The largest absolute Gasteiger partial charge is 0.398 e. The Hall–Kier alpha value is -1.80. The number of carbonyl (C=O) groups is 1. The number of rotatable bonds is 3. The van der Waals surface area contributed by atoms with Gasteiger partial charge in [0.05, 0.1) is 5.56 Å². The molecule has 3 N–H and O–H groups in total. The van der Waals surface area contributed by atoms with Gasteiger partial charge in [-0.25, -0.2) is 4.98 Å². The van der Waals surface area contributed by atoms with Crippen molar-refractivity contribution in [3.05, 3.63) is 39.3 Å². The van der Waals surface area contributed by atoms with Crippen LogP contribution in [0, 0.1) is 4.91 Å². The van der Waals surface area contributed by atoms with Crippen molar-refractivity contribution in [2.24, 2.45) is 5.18 Å². The molecule has 0 spiro atoms. The number of para-hydroxylation sites is 1. The summed E-state index contributed by atoms with van der Waals surface area (Å²) in [5.74, 6) is -0.383. The van der Waals surface area contributed by atoms with Gasteiger partial charge in [-0.3, -0.25) is 10.1 Å². The molecule has 18 heavy (non-hydrogen) atoms. The highest BCUT2D eigenvalue weighted by Crippen LogP contribution is 2.34. The topological polar surface area (TPSA) is 97.4 Å². The van der Waals surface area contributed by atoms with Gasteiger partial charge in [0.2, 0.25) is 0 Å². The third kappa shape index (κ3) is 2.54. The van der Waals surface area contributed by atoms with Crippen LogP contribution in [-0.4, -0.2) is 10.9 Å². The number of nitroso groups, excluding NO2 is 1. The van der Waals surface area contributed by atoms with Gasteiger partial charge in [-0.2, -0.15) is 0 Å². The van der Waals surface area contributed by atoms with Crippen LogP contribution in [0.4, 0.5) is 15.8 Å². The number of nitrogen functional groups attached to an aromatic ring is 1. The first-order chi connectivity index (χ1) is 8.61. The van der Waals surface area contributed by atoms with E-state index < -0.39 is 0 Å². The van der Waals surface area contributed by atoms with Crippen LogP contribution >= 0.6 is 27.3 Å². The van der Waals surface area contributed by atoms with Gasteiger partial charge in [0.1, 0.15) is 4.60 Å². The molecule has 1 aromatic carbocycles. The molecule has 2 rings (SSSR count). The van der Waals surface area contributed by atoms with Gasteiger partial charge in [0.25, 0.3) is 5.91 Å². The van der Waals surface area contributed by atoms with Gasteiger partial charge in [-0.15, -0.1) is 4.91 Å². The second kappa shape index (κ2) is 5.23. The first-order valence-electron chi connectivity index (χ1n) is 4.77. The molecule has 0 atom stereocenters. The molecule has 1 heterocycles. The quantitative estimate of drug-likeness (QED) is 0.668. The molecule has 92 valence electrons. The molecule has 0 saturated carbocycles. The normalized spacial score (nSPS) is 10.1. The summed E-state index contributed by atoms with van der Waals surface area (Å²) < 4.78 is 0.304. The first-order valence-corrected chi connectivity index (χ1v) is 6.38. The summed E-state index contributed by atoms with van der Waals surface area (Å²) in [4.78, 5) is 26.2. The highest BCUT2D eigenvalue weighted by Gasteiger charge is 2.14. The molecule has 8 heteroatoms. The predicted molar refractivity (Wildman–Crippen MR) is 74.1 cm³/mol. The Labute approximate surface area is 114 Å². The van der Waals surface area contributed by atoms with Crippen molar-refractivity contribution in [1.82, 2.24) is 4.98 Å². The maximum absolute atomic E-state index is 11.9. The molecule has 0 bridgehead atoms. The minimum Gasteiger partial charge on any atom is -0.398 e. The van der Waals surface area contributed by atoms with Crippen LogP contribution < -0.4 is 11.1 Å². The summed E-state index contributed by atoms with van der Waals surface area (Å²) in [6, 6.07) is 6.68. The number of aromatic nitrogens is 1. The molecular formula is C10H7BrN4O2S. The van der Waals surface area contributed by atoms with Crippen LogP contribution in [0.15, 0.2) is 34.0 Å². The van der Waals surface area contributed by atoms with Crippen molar-refractivity contribution >= 4 is 49.0 Å². The number of nitrogens with two attached hydrogens (primary N) is 1. The van der Waals surface area contributed by atoms with Gasteiger partial charge < -0.3 is 5.73 Å². The van der Waals surface area contributed by atoms with E-state index in [-0.39, 0.29) is 16.0 Å². The highest BCUT2D eigenvalue weighted by molar-refractivity contribution is 9.10. The molecule has 1 amide bonds. The monoisotopic (exact) mass is 326 g/mol. The lowest BCUT2D eigenvalue weighted by Crippen LogP contribution is -2.13. The lowest BCUT2D eigenvalue weighted by molar-refractivity contribution is 0.102. The van der Waals surface area contributed by atoms with Crippen LogP contribution in [-0.2, 0) is 0 Å². The molecule has 0 radical (unpaired) electrons. The fourth-order valence-electron chi connectivity index (χ4n) is 1.27. The number of hydrogen-bond acceptors (Lipinski definition) is 6. The highest BCUT2D eigenvalue weighted by atomic mass is 79.9. The average Bonchev–Trinajstić information content (AvgIpc) is 2.69. The van der Waals surface area contributed by atoms with Crippen molar-refractivity contribution in [3.63, 3.8) is 0 Å². The summed E-state index contributed by atoms with van der Waals surface area (Å²) >= 11 is 4.05. The minimum atomic E-state index is -0.383. The molecular weight excluding hydrogens is 320 g/mol. The van der Waals surface area contributed by atoms with E-state index in [9.17, 15) is 9.70 Å². The third-order valence-corrected chi connectivity index (χ3v) is 3.74. The molecule has 0 aliphatic rings. The van der Waals surface area contributed by atoms with Gasteiger partial charge in [-0.05, 0) is 33.2 Å². The minimum absolute atomic E-state index is 0.173. The Morgan fingerprint density at radius 1 is 1.44 bits per heavy atom. The molecule has 2 aromatic rings. The second-order valence-corrected chi connectivity index (χ2v) is 4.98. The zero-order chi connectivity index (χ0) is 13.1. The van der Waals surface area contributed by atoms with Gasteiger partial charge in [-0.1, -0.05) is 23.5 Å². The number of thiazole rings is 1. The van der Waals surface area contributed by atoms with Crippen LogP contribution in [0.5, 0.6) is 0 Å². The standard InChI is InChI=1S/C10H7BrN4O2S/c11-7-9(15-17)18-10(13-7)14-8(16)5-3-1-2-4-6(5)12/h1-4H,12H2,(H,13,14,16). The first kappa shape index (κ1) is 12.7. The SMILES string of the molecule is Nc1ccccc1C(=O)Nc1nc(Br)c(N=O)s1. The number of amides is 1. The summed E-state index contributed by atoms with van der Waals surface area (Å²) in [6.45, 7) is 0. The zero-order valence-electron chi connectivity index (χ0n) is 8.88. The van der Waals surface area contributed by atoms with E-state index in [1.165, 1.54) is 0 Å². The Morgan fingerprint density at radius 3 is 2.78 bits per heavy atom. The number of halogens is 1. The molecule has 6 nitrogen and oxygen atoms in total. The number of benzene rings is 1. The predicted octanol–water partition coefficient (Wildman–Crippen LogP) is 3.14.